The number of halogens is 1. The van der Waals surface area contributed by atoms with E-state index in [0.717, 1.165) is 0 Å². The summed E-state index contributed by atoms with van der Waals surface area (Å²) >= 11 is 6.21. The molecule has 0 aliphatic rings. The first-order valence-electron chi connectivity index (χ1n) is 6.16. The molecule has 1 aromatic heterocycles. The molecule has 106 valence electrons. The Kier molecular flexibility index (Phi) is 3.27. The number of methoxy groups -OCH3 is 1. The van der Waals surface area contributed by atoms with Crippen LogP contribution < -0.4 is 10.3 Å². The number of phenolic OH excluding ortho intramolecular Hbond substituents is 1. The lowest BCUT2D eigenvalue weighted by atomic mass is 10.1. The van der Waals surface area contributed by atoms with Gasteiger partial charge >= 0.3 is 0 Å². The minimum Gasteiger partial charge on any atom is -0.504 e. The Morgan fingerprint density at radius 2 is 2.00 bits per heavy atom. The number of hydrogen-bond acceptors (Lipinski definition) is 4. The lowest BCUT2D eigenvalue weighted by Gasteiger charge is -2.10. The fourth-order valence-corrected chi connectivity index (χ4v) is 2.46. The normalized spacial score (nSPS) is 10.8. The SMILES string of the molecule is COc1c(O)ccc(-c2nc3ccccc3c(=O)[nH]2)c1Cl. The first-order valence-corrected chi connectivity index (χ1v) is 6.54. The minimum atomic E-state index is -0.251. The minimum absolute atomic E-state index is 0.0746. The molecule has 6 heteroatoms. The molecule has 21 heavy (non-hydrogen) atoms. The molecule has 0 bridgehead atoms. The van der Waals surface area contributed by atoms with Crippen LogP contribution in [0.3, 0.4) is 0 Å². The van der Waals surface area contributed by atoms with Crippen molar-refractivity contribution in [3.05, 3.63) is 51.8 Å². The smallest absolute Gasteiger partial charge is 0.259 e. The lowest BCUT2D eigenvalue weighted by Crippen LogP contribution is -2.09. The third-order valence-corrected chi connectivity index (χ3v) is 3.52. The van der Waals surface area contributed by atoms with Gasteiger partial charge in [-0.05, 0) is 24.3 Å². The number of aromatic nitrogens is 2. The van der Waals surface area contributed by atoms with Crippen LogP contribution in [-0.4, -0.2) is 22.2 Å². The second-order valence-corrected chi connectivity index (χ2v) is 4.79. The van der Waals surface area contributed by atoms with Crippen LogP contribution in [0.4, 0.5) is 0 Å². The van der Waals surface area contributed by atoms with Gasteiger partial charge in [0.15, 0.2) is 11.5 Å². The summed E-state index contributed by atoms with van der Waals surface area (Å²) in [6.45, 7) is 0. The van der Waals surface area contributed by atoms with E-state index in [4.69, 9.17) is 16.3 Å². The van der Waals surface area contributed by atoms with Gasteiger partial charge in [0.05, 0.1) is 23.0 Å². The van der Waals surface area contributed by atoms with Gasteiger partial charge in [0.25, 0.3) is 5.56 Å². The van der Waals surface area contributed by atoms with Gasteiger partial charge in [-0.25, -0.2) is 4.98 Å². The highest BCUT2D eigenvalue weighted by atomic mass is 35.5. The summed E-state index contributed by atoms with van der Waals surface area (Å²) in [5.41, 5.74) is 0.798. The zero-order chi connectivity index (χ0) is 15.0. The molecule has 1 heterocycles. The topological polar surface area (TPSA) is 75.2 Å². The predicted molar refractivity (Wildman–Crippen MR) is 81.0 cm³/mol. The van der Waals surface area contributed by atoms with Gasteiger partial charge < -0.3 is 14.8 Å². The van der Waals surface area contributed by atoms with E-state index in [2.05, 4.69) is 9.97 Å². The summed E-state index contributed by atoms with van der Waals surface area (Å²) in [6.07, 6.45) is 0. The van der Waals surface area contributed by atoms with E-state index in [9.17, 15) is 9.90 Å². The number of rotatable bonds is 2. The lowest BCUT2D eigenvalue weighted by molar-refractivity contribution is 0.374. The standard InChI is InChI=1S/C15H11ClN2O3/c1-21-13-11(19)7-6-9(12(13)16)14-17-10-5-3-2-4-8(10)15(20)18-14/h2-7,19H,1H3,(H,17,18,20). The Hall–Kier alpha value is -2.53. The van der Waals surface area contributed by atoms with E-state index in [1.54, 1.807) is 30.3 Å². The highest BCUT2D eigenvalue weighted by molar-refractivity contribution is 6.35. The van der Waals surface area contributed by atoms with Crippen LogP contribution >= 0.6 is 11.6 Å². The van der Waals surface area contributed by atoms with Gasteiger partial charge in [0.1, 0.15) is 5.82 Å². The molecule has 0 saturated heterocycles. The maximum atomic E-state index is 12.1. The van der Waals surface area contributed by atoms with Crippen molar-refractivity contribution in [2.24, 2.45) is 0 Å². The second kappa shape index (κ2) is 5.10. The predicted octanol–water partition coefficient (Wildman–Crippen LogP) is 2.96. The van der Waals surface area contributed by atoms with Crippen molar-refractivity contribution < 1.29 is 9.84 Å². The third kappa shape index (κ3) is 2.21. The molecule has 0 spiro atoms. The number of fused-ring (bicyclic) bond motifs is 1. The summed E-state index contributed by atoms with van der Waals surface area (Å²) < 4.78 is 5.05. The van der Waals surface area contributed by atoms with Crippen LogP contribution in [0, 0.1) is 0 Å². The van der Waals surface area contributed by atoms with Crippen LogP contribution in [0.2, 0.25) is 5.02 Å². The van der Waals surface area contributed by atoms with E-state index in [1.165, 1.54) is 13.2 Å². The first-order chi connectivity index (χ1) is 10.1. The van der Waals surface area contributed by atoms with E-state index in [-0.39, 0.29) is 22.1 Å². The number of aromatic hydroxyl groups is 1. The van der Waals surface area contributed by atoms with Crippen molar-refractivity contribution in [3.63, 3.8) is 0 Å². The monoisotopic (exact) mass is 302 g/mol. The summed E-state index contributed by atoms with van der Waals surface area (Å²) in [5, 5.41) is 10.4. The number of nitrogens with one attached hydrogen (secondary N) is 1. The van der Waals surface area contributed by atoms with Gasteiger partial charge in [-0.1, -0.05) is 23.7 Å². The molecule has 0 aliphatic heterocycles. The van der Waals surface area contributed by atoms with Crippen molar-refractivity contribution in [2.45, 2.75) is 0 Å². The molecule has 0 atom stereocenters. The Morgan fingerprint density at radius 3 is 2.76 bits per heavy atom. The van der Waals surface area contributed by atoms with Crippen molar-refractivity contribution >= 4 is 22.5 Å². The molecular weight excluding hydrogens is 292 g/mol. The molecule has 0 radical (unpaired) electrons. The summed E-state index contributed by atoms with van der Waals surface area (Å²) in [7, 11) is 1.40. The molecule has 0 fully saturated rings. The van der Waals surface area contributed by atoms with Gasteiger partial charge in [-0.3, -0.25) is 4.79 Å². The van der Waals surface area contributed by atoms with Crippen LogP contribution in [0.25, 0.3) is 22.3 Å². The number of H-pyrrole nitrogens is 1. The van der Waals surface area contributed by atoms with Gasteiger partial charge in [0.2, 0.25) is 0 Å². The summed E-state index contributed by atoms with van der Waals surface area (Å²) in [6, 6.07) is 10.0. The zero-order valence-corrected chi connectivity index (χ0v) is 11.8. The number of para-hydroxylation sites is 1. The number of phenols is 1. The summed E-state index contributed by atoms with van der Waals surface area (Å²) in [4.78, 5) is 19.2. The Balaban J connectivity index is 2.29. The highest BCUT2D eigenvalue weighted by Crippen LogP contribution is 2.40. The maximum absolute atomic E-state index is 12.1. The average Bonchev–Trinajstić information content (AvgIpc) is 2.48. The first kappa shape index (κ1) is 13.5. The van der Waals surface area contributed by atoms with Crippen molar-refractivity contribution in [2.75, 3.05) is 7.11 Å². The number of aromatic amines is 1. The Bertz CT molecular complexity index is 890. The molecule has 0 unspecified atom stereocenters. The quantitative estimate of drug-likeness (QED) is 0.763. The van der Waals surface area contributed by atoms with Crippen molar-refractivity contribution in [1.82, 2.24) is 9.97 Å². The van der Waals surface area contributed by atoms with Gasteiger partial charge in [0, 0.05) is 5.56 Å². The zero-order valence-electron chi connectivity index (χ0n) is 11.1. The molecule has 5 nitrogen and oxygen atoms in total. The molecule has 0 saturated carbocycles. The fraction of sp³-hybridized carbons (Fsp3) is 0.0667. The molecular formula is C15H11ClN2O3. The molecule has 0 amide bonds. The Morgan fingerprint density at radius 1 is 1.24 bits per heavy atom. The summed E-state index contributed by atoms with van der Waals surface area (Å²) in [5.74, 6) is 0.390. The van der Waals surface area contributed by atoms with Crippen LogP contribution in [0.5, 0.6) is 11.5 Å². The molecule has 0 aliphatic carbocycles. The van der Waals surface area contributed by atoms with Crippen molar-refractivity contribution in [1.29, 1.82) is 0 Å². The average molecular weight is 303 g/mol. The van der Waals surface area contributed by atoms with Crippen molar-refractivity contribution in [3.8, 4) is 22.9 Å². The number of benzene rings is 2. The van der Waals surface area contributed by atoms with Crippen LogP contribution in [-0.2, 0) is 0 Å². The molecule has 2 aromatic carbocycles. The number of ether oxygens (including phenoxy) is 1. The van der Waals surface area contributed by atoms with Gasteiger partial charge in [-0.15, -0.1) is 0 Å². The Labute approximate surface area is 124 Å². The largest absolute Gasteiger partial charge is 0.504 e. The van der Waals surface area contributed by atoms with Gasteiger partial charge in [-0.2, -0.15) is 0 Å². The molecule has 2 N–H and O–H groups in total. The second-order valence-electron chi connectivity index (χ2n) is 4.41. The van der Waals surface area contributed by atoms with Crippen LogP contribution in [0.1, 0.15) is 0 Å². The number of hydrogen-bond donors (Lipinski definition) is 2. The molecule has 3 aromatic rings. The van der Waals surface area contributed by atoms with E-state index in [0.29, 0.717) is 22.3 Å². The maximum Gasteiger partial charge on any atom is 0.259 e. The van der Waals surface area contributed by atoms with E-state index in [1.807, 2.05) is 0 Å². The molecule has 3 rings (SSSR count). The fourth-order valence-electron chi connectivity index (χ4n) is 2.14. The van der Waals surface area contributed by atoms with E-state index >= 15 is 0 Å². The number of nitrogens with zero attached hydrogens (tertiary/aromatic N) is 1. The van der Waals surface area contributed by atoms with Crippen LogP contribution in [0.15, 0.2) is 41.2 Å². The highest BCUT2D eigenvalue weighted by Gasteiger charge is 2.15. The third-order valence-electron chi connectivity index (χ3n) is 3.15. The van der Waals surface area contributed by atoms with E-state index < -0.39 is 0 Å².